The number of thiazole rings is 1. The molecule has 0 spiro atoms. The second kappa shape index (κ2) is 6.34. The molecule has 0 bridgehead atoms. The van der Waals surface area contributed by atoms with Crippen LogP contribution in [0.3, 0.4) is 0 Å². The van der Waals surface area contributed by atoms with Crippen molar-refractivity contribution in [3.63, 3.8) is 0 Å². The van der Waals surface area contributed by atoms with Crippen molar-refractivity contribution in [1.82, 2.24) is 9.88 Å². The first-order valence-corrected chi connectivity index (χ1v) is 7.42. The van der Waals surface area contributed by atoms with Crippen LogP contribution in [0.4, 0.5) is 5.13 Å². The summed E-state index contributed by atoms with van der Waals surface area (Å²) in [5.74, 6) is -0.297. The molecular weight excluding hydrogens is 262 g/mol. The fourth-order valence-electron chi connectivity index (χ4n) is 2.22. The van der Waals surface area contributed by atoms with Crippen molar-refractivity contribution in [3.05, 3.63) is 10.6 Å². The lowest BCUT2D eigenvalue weighted by atomic mass is 10.4. The zero-order valence-corrected chi connectivity index (χ0v) is 12.6. The number of carbonyl (C=O) groups excluding carboxylic acids is 1. The average Bonchev–Trinajstić information content (AvgIpc) is 3.04. The van der Waals surface area contributed by atoms with Crippen molar-refractivity contribution in [2.45, 2.75) is 19.8 Å². The molecule has 0 unspecified atom stereocenters. The Kier molecular flexibility index (Phi) is 4.76. The summed E-state index contributed by atoms with van der Waals surface area (Å²) in [6.45, 7) is 6.26. The number of methoxy groups -OCH3 is 1. The van der Waals surface area contributed by atoms with E-state index in [1.54, 1.807) is 0 Å². The lowest BCUT2D eigenvalue weighted by molar-refractivity contribution is 0.0605. The molecule has 1 saturated heterocycles. The van der Waals surface area contributed by atoms with Gasteiger partial charge in [-0.2, -0.15) is 0 Å². The summed E-state index contributed by atoms with van der Waals surface area (Å²) in [4.78, 5) is 21.2. The monoisotopic (exact) mass is 283 g/mol. The Morgan fingerprint density at radius 3 is 2.79 bits per heavy atom. The molecule has 0 aromatic carbocycles. The van der Waals surface area contributed by atoms with E-state index in [-0.39, 0.29) is 5.97 Å². The third-order valence-electron chi connectivity index (χ3n) is 3.43. The zero-order chi connectivity index (χ0) is 13.8. The number of rotatable bonds is 5. The number of nitrogens with zero attached hydrogens (tertiary/aromatic N) is 3. The van der Waals surface area contributed by atoms with Crippen LogP contribution in [0.1, 0.15) is 28.2 Å². The molecule has 0 saturated carbocycles. The predicted molar refractivity (Wildman–Crippen MR) is 77.1 cm³/mol. The molecular formula is C13H21N3O2S. The highest BCUT2D eigenvalue weighted by atomic mass is 32.1. The topological polar surface area (TPSA) is 45.7 Å². The maximum Gasteiger partial charge on any atom is 0.350 e. The van der Waals surface area contributed by atoms with E-state index in [0.29, 0.717) is 4.88 Å². The summed E-state index contributed by atoms with van der Waals surface area (Å²) < 4.78 is 4.76. The van der Waals surface area contributed by atoms with Crippen LogP contribution in [0.2, 0.25) is 0 Å². The SMILES string of the molecule is COC(=O)c1sc(N(C)CCN2CCCC2)nc1C. The second-order valence-corrected chi connectivity index (χ2v) is 5.85. The van der Waals surface area contributed by atoms with Crippen molar-refractivity contribution in [3.8, 4) is 0 Å². The standard InChI is InChI=1S/C13H21N3O2S/c1-10-11(12(17)18-3)19-13(14-10)15(2)8-9-16-6-4-5-7-16/h4-9H2,1-3H3. The van der Waals surface area contributed by atoms with Crippen molar-refractivity contribution >= 4 is 22.4 Å². The van der Waals surface area contributed by atoms with Crippen molar-refractivity contribution in [2.24, 2.45) is 0 Å². The second-order valence-electron chi connectivity index (χ2n) is 4.87. The summed E-state index contributed by atoms with van der Waals surface area (Å²) in [6.07, 6.45) is 2.62. The molecule has 0 atom stereocenters. The number of hydrogen-bond acceptors (Lipinski definition) is 6. The van der Waals surface area contributed by atoms with E-state index in [0.717, 1.165) is 23.9 Å². The van der Waals surface area contributed by atoms with E-state index in [9.17, 15) is 4.79 Å². The maximum absolute atomic E-state index is 11.6. The lowest BCUT2D eigenvalue weighted by Gasteiger charge is -2.20. The minimum Gasteiger partial charge on any atom is -0.465 e. The summed E-state index contributed by atoms with van der Waals surface area (Å²) in [7, 11) is 3.42. The van der Waals surface area contributed by atoms with Gasteiger partial charge in [0, 0.05) is 20.1 Å². The fraction of sp³-hybridized carbons (Fsp3) is 0.692. The van der Waals surface area contributed by atoms with Crippen LogP contribution in [-0.4, -0.2) is 56.2 Å². The normalized spacial score (nSPS) is 15.7. The van der Waals surface area contributed by atoms with Gasteiger partial charge in [-0.05, 0) is 32.9 Å². The van der Waals surface area contributed by atoms with Gasteiger partial charge in [-0.25, -0.2) is 9.78 Å². The van der Waals surface area contributed by atoms with Crippen LogP contribution in [0.25, 0.3) is 0 Å². The van der Waals surface area contributed by atoms with Gasteiger partial charge in [0.25, 0.3) is 0 Å². The highest BCUT2D eigenvalue weighted by Crippen LogP contribution is 2.25. The summed E-state index contributed by atoms with van der Waals surface area (Å²) in [5, 5.41) is 0.886. The van der Waals surface area contributed by atoms with Crippen LogP contribution >= 0.6 is 11.3 Å². The first-order chi connectivity index (χ1) is 9.11. The Balaban J connectivity index is 1.94. The van der Waals surface area contributed by atoms with Gasteiger partial charge in [-0.15, -0.1) is 0 Å². The molecule has 5 nitrogen and oxygen atoms in total. The van der Waals surface area contributed by atoms with Gasteiger partial charge in [0.1, 0.15) is 4.88 Å². The Morgan fingerprint density at radius 1 is 1.47 bits per heavy atom. The average molecular weight is 283 g/mol. The molecule has 1 aliphatic rings. The zero-order valence-electron chi connectivity index (χ0n) is 11.8. The van der Waals surface area contributed by atoms with E-state index in [1.165, 1.54) is 44.4 Å². The van der Waals surface area contributed by atoms with Crippen LogP contribution in [0.5, 0.6) is 0 Å². The molecule has 0 aliphatic carbocycles. The molecule has 0 amide bonds. The molecule has 106 valence electrons. The van der Waals surface area contributed by atoms with E-state index >= 15 is 0 Å². The fourth-order valence-corrected chi connectivity index (χ4v) is 3.19. The number of carbonyl (C=O) groups is 1. The van der Waals surface area contributed by atoms with E-state index in [1.807, 2.05) is 14.0 Å². The number of aryl methyl sites for hydroxylation is 1. The lowest BCUT2D eigenvalue weighted by Crippen LogP contribution is -2.31. The number of anilines is 1. The van der Waals surface area contributed by atoms with Gasteiger partial charge in [0.05, 0.1) is 12.8 Å². The Bertz CT molecular complexity index is 441. The first kappa shape index (κ1) is 14.3. The largest absolute Gasteiger partial charge is 0.465 e. The molecule has 2 heterocycles. The third-order valence-corrected chi connectivity index (χ3v) is 4.68. The number of likely N-dealkylation sites (N-methyl/N-ethyl adjacent to an activating group) is 1. The minimum atomic E-state index is -0.297. The smallest absolute Gasteiger partial charge is 0.350 e. The number of hydrogen-bond donors (Lipinski definition) is 0. The molecule has 1 fully saturated rings. The van der Waals surface area contributed by atoms with Crippen molar-refractivity contribution < 1.29 is 9.53 Å². The van der Waals surface area contributed by atoms with Gasteiger partial charge in [-0.1, -0.05) is 11.3 Å². The minimum absolute atomic E-state index is 0.297. The number of esters is 1. The van der Waals surface area contributed by atoms with Crippen LogP contribution in [0.15, 0.2) is 0 Å². The number of ether oxygens (including phenoxy) is 1. The van der Waals surface area contributed by atoms with Crippen molar-refractivity contribution in [1.29, 1.82) is 0 Å². The first-order valence-electron chi connectivity index (χ1n) is 6.61. The van der Waals surface area contributed by atoms with Crippen LogP contribution < -0.4 is 4.90 Å². The molecule has 2 rings (SSSR count). The third kappa shape index (κ3) is 3.45. The van der Waals surface area contributed by atoms with E-state index < -0.39 is 0 Å². The van der Waals surface area contributed by atoms with E-state index in [2.05, 4.69) is 14.8 Å². The maximum atomic E-state index is 11.6. The summed E-state index contributed by atoms with van der Waals surface area (Å²) in [5.41, 5.74) is 0.750. The molecule has 0 radical (unpaired) electrons. The molecule has 1 aromatic heterocycles. The van der Waals surface area contributed by atoms with Gasteiger partial charge < -0.3 is 14.5 Å². The van der Waals surface area contributed by atoms with Gasteiger partial charge in [0.2, 0.25) is 0 Å². The highest BCUT2D eigenvalue weighted by molar-refractivity contribution is 7.17. The number of aromatic nitrogens is 1. The van der Waals surface area contributed by atoms with Crippen molar-refractivity contribution in [2.75, 3.05) is 45.2 Å². The molecule has 6 heteroatoms. The highest BCUT2D eigenvalue weighted by Gasteiger charge is 2.18. The molecule has 0 N–H and O–H groups in total. The van der Waals surface area contributed by atoms with E-state index in [4.69, 9.17) is 4.74 Å². The van der Waals surface area contributed by atoms with Crippen LogP contribution in [0, 0.1) is 6.92 Å². The molecule has 19 heavy (non-hydrogen) atoms. The number of likely N-dealkylation sites (tertiary alicyclic amines) is 1. The quantitative estimate of drug-likeness (QED) is 0.771. The van der Waals surface area contributed by atoms with Gasteiger partial charge in [-0.3, -0.25) is 0 Å². The molecule has 1 aromatic rings. The van der Waals surface area contributed by atoms with Gasteiger partial charge >= 0.3 is 5.97 Å². The Hall–Kier alpha value is -1.14. The Labute approximate surface area is 118 Å². The molecule has 1 aliphatic heterocycles. The van der Waals surface area contributed by atoms with Crippen LogP contribution in [-0.2, 0) is 4.74 Å². The summed E-state index contributed by atoms with van der Waals surface area (Å²) >= 11 is 1.40. The summed E-state index contributed by atoms with van der Waals surface area (Å²) in [6, 6.07) is 0. The Morgan fingerprint density at radius 2 is 2.16 bits per heavy atom. The van der Waals surface area contributed by atoms with Gasteiger partial charge in [0.15, 0.2) is 5.13 Å². The predicted octanol–water partition coefficient (Wildman–Crippen LogP) is 1.77.